The van der Waals surface area contributed by atoms with Gasteiger partial charge >= 0.3 is 5.69 Å². The number of aromatic amines is 1. The van der Waals surface area contributed by atoms with E-state index in [4.69, 9.17) is 0 Å². The number of rotatable bonds is 3. The minimum atomic E-state index is -0.140. The third kappa shape index (κ3) is 1.80. The van der Waals surface area contributed by atoms with Crippen LogP contribution < -0.4 is 5.69 Å². The van der Waals surface area contributed by atoms with Crippen LogP contribution in [0, 0.1) is 0 Å². The van der Waals surface area contributed by atoms with Crippen LogP contribution in [0.15, 0.2) is 4.79 Å². The highest BCUT2D eigenvalue weighted by atomic mass is 16.1. The van der Waals surface area contributed by atoms with E-state index in [-0.39, 0.29) is 5.69 Å². The van der Waals surface area contributed by atoms with Crippen molar-refractivity contribution in [3.05, 3.63) is 16.3 Å². The van der Waals surface area contributed by atoms with Gasteiger partial charge in [0.25, 0.3) is 0 Å². The molecule has 0 amide bonds. The summed E-state index contributed by atoms with van der Waals surface area (Å²) in [5, 5.41) is 4.07. The van der Waals surface area contributed by atoms with Gasteiger partial charge in [-0.1, -0.05) is 0 Å². The molecule has 1 aliphatic carbocycles. The van der Waals surface area contributed by atoms with Crippen LogP contribution in [0.5, 0.6) is 0 Å². The second kappa shape index (κ2) is 2.99. The van der Waals surface area contributed by atoms with Gasteiger partial charge in [-0.2, -0.15) is 5.10 Å². The zero-order chi connectivity index (χ0) is 9.42. The molecule has 0 atom stereocenters. The molecule has 1 aliphatic rings. The van der Waals surface area contributed by atoms with Gasteiger partial charge in [0.2, 0.25) is 0 Å². The molecule has 0 aliphatic heterocycles. The molecule has 1 N–H and O–H groups in total. The number of nitrogens with one attached hydrogen (secondary N) is 1. The Morgan fingerprint density at radius 2 is 2.38 bits per heavy atom. The first-order valence-electron chi connectivity index (χ1n) is 4.49. The summed E-state index contributed by atoms with van der Waals surface area (Å²) in [6.45, 7) is 0.737. The third-order valence-corrected chi connectivity index (χ3v) is 2.39. The zero-order valence-electron chi connectivity index (χ0n) is 7.95. The van der Waals surface area contributed by atoms with E-state index in [0.29, 0.717) is 6.04 Å². The summed E-state index contributed by atoms with van der Waals surface area (Å²) in [6.07, 6.45) is 2.54. The Morgan fingerprint density at radius 1 is 1.69 bits per heavy atom. The fourth-order valence-electron chi connectivity index (χ4n) is 1.41. The molecule has 0 radical (unpaired) electrons. The highest BCUT2D eigenvalue weighted by Crippen LogP contribution is 2.25. The van der Waals surface area contributed by atoms with E-state index in [0.717, 1.165) is 12.4 Å². The smallest absolute Gasteiger partial charge is 0.296 e. The van der Waals surface area contributed by atoms with Crippen LogP contribution in [-0.2, 0) is 13.6 Å². The third-order valence-electron chi connectivity index (χ3n) is 2.39. The summed E-state index contributed by atoms with van der Waals surface area (Å²) in [6, 6.07) is 0.700. The zero-order valence-corrected chi connectivity index (χ0v) is 7.95. The van der Waals surface area contributed by atoms with Gasteiger partial charge in [-0.3, -0.25) is 9.88 Å². The van der Waals surface area contributed by atoms with Gasteiger partial charge in [0.1, 0.15) is 5.82 Å². The first-order valence-corrected chi connectivity index (χ1v) is 4.49. The molecule has 0 spiro atoms. The second-order valence-electron chi connectivity index (χ2n) is 3.65. The predicted octanol–water partition coefficient (Wildman–Crippen LogP) is -0.297. The van der Waals surface area contributed by atoms with E-state index in [9.17, 15) is 4.79 Å². The van der Waals surface area contributed by atoms with Crippen LogP contribution in [0.25, 0.3) is 0 Å². The maximum atomic E-state index is 11.0. The van der Waals surface area contributed by atoms with Crippen LogP contribution in [-0.4, -0.2) is 32.8 Å². The van der Waals surface area contributed by atoms with Crippen molar-refractivity contribution in [2.24, 2.45) is 7.05 Å². The fourth-order valence-corrected chi connectivity index (χ4v) is 1.41. The van der Waals surface area contributed by atoms with Crippen LogP contribution in [0.3, 0.4) is 0 Å². The fraction of sp³-hybridized carbons (Fsp3) is 0.750. The van der Waals surface area contributed by atoms with E-state index in [1.54, 1.807) is 7.05 Å². The van der Waals surface area contributed by atoms with Crippen molar-refractivity contribution in [1.29, 1.82) is 0 Å². The Hall–Kier alpha value is -1.10. The maximum absolute atomic E-state index is 11.0. The van der Waals surface area contributed by atoms with Gasteiger partial charge in [-0.05, 0) is 19.9 Å². The molecule has 0 unspecified atom stereocenters. The molecule has 5 heteroatoms. The lowest BCUT2D eigenvalue weighted by Crippen LogP contribution is -2.21. The maximum Gasteiger partial charge on any atom is 0.343 e. The van der Waals surface area contributed by atoms with Gasteiger partial charge in [0.15, 0.2) is 0 Å². The Labute approximate surface area is 76.4 Å². The first-order chi connectivity index (χ1) is 6.16. The van der Waals surface area contributed by atoms with Gasteiger partial charge in [-0.25, -0.2) is 9.48 Å². The number of hydrogen-bond acceptors (Lipinski definition) is 3. The van der Waals surface area contributed by atoms with E-state index < -0.39 is 0 Å². The van der Waals surface area contributed by atoms with E-state index in [2.05, 4.69) is 22.0 Å². The summed E-state index contributed by atoms with van der Waals surface area (Å²) in [5.74, 6) is 0.752. The molecule has 1 aromatic heterocycles. The van der Waals surface area contributed by atoms with Gasteiger partial charge in [-0.15, -0.1) is 0 Å². The van der Waals surface area contributed by atoms with Gasteiger partial charge < -0.3 is 0 Å². The van der Waals surface area contributed by atoms with Crippen molar-refractivity contribution < 1.29 is 0 Å². The molecule has 2 rings (SSSR count). The van der Waals surface area contributed by atoms with E-state index in [1.807, 2.05) is 0 Å². The Bertz CT molecular complexity index is 349. The van der Waals surface area contributed by atoms with Crippen molar-refractivity contribution in [2.75, 3.05) is 7.05 Å². The Morgan fingerprint density at radius 3 is 2.85 bits per heavy atom. The van der Waals surface area contributed by atoms with Crippen LogP contribution in [0.2, 0.25) is 0 Å². The largest absolute Gasteiger partial charge is 0.343 e. The normalized spacial score (nSPS) is 16.8. The highest BCUT2D eigenvalue weighted by Gasteiger charge is 2.26. The molecule has 0 saturated heterocycles. The van der Waals surface area contributed by atoms with Gasteiger partial charge in [0, 0.05) is 13.1 Å². The average Bonchev–Trinajstić information content (AvgIpc) is 2.81. The molecule has 1 saturated carbocycles. The number of nitrogens with zero attached hydrogens (tertiary/aromatic N) is 3. The summed E-state index contributed by atoms with van der Waals surface area (Å²) >= 11 is 0. The Kier molecular flexibility index (Phi) is 1.95. The molecule has 1 heterocycles. The molecule has 1 fully saturated rings. The summed E-state index contributed by atoms with van der Waals surface area (Å²) in [7, 11) is 3.71. The Balaban J connectivity index is 2.04. The lowest BCUT2D eigenvalue weighted by molar-refractivity contribution is 0.307. The highest BCUT2D eigenvalue weighted by molar-refractivity contribution is 4.88. The SMILES string of the molecule is CN(Cc1nn(C)c(=O)[nH]1)C1CC1. The van der Waals surface area contributed by atoms with E-state index >= 15 is 0 Å². The summed E-state index contributed by atoms with van der Waals surface area (Å²) < 4.78 is 1.33. The molecule has 1 aromatic rings. The molecule has 72 valence electrons. The van der Waals surface area contributed by atoms with Crippen molar-refractivity contribution in [3.63, 3.8) is 0 Å². The molecule has 0 aromatic carbocycles. The molecule has 5 nitrogen and oxygen atoms in total. The molecular formula is C8H14N4O. The van der Waals surface area contributed by atoms with Crippen molar-refractivity contribution in [3.8, 4) is 0 Å². The number of H-pyrrole nitrogens is 1. The number of aromatic nitrogens is 3. The van der Waals surface area contributed by atoms with Crippen molar-refractivity contribution >= 4 is 0 Å². The number of hydrogen-bond donors (Lipinski definition) is 1. The molecular weight excluding hydrogens is 168 g/mol. The van der Waals surface area contributed by atoms with Crippen LogP contribution in [0.4, 0.5) is 0 Å². The predicted molar refractivity (Wildman–Crippen MR) is 48.3 cm³/mol. The minimum absolute atomic E-state index is 0.140. The lowest BCUT2D eigenvalue weighted by Gasteiger charge is -2.12. The quantitative estimate of drug-likeness (QED) is 0.698. The van der Waals surface area contributed by atoms with Gasteiger partial charge in [0.05, 0.1) is 6.54 Å². The van der Waals surface area contributed by atoms with E-state index in [1.165, 1.54) is 17.5 Å². The van der Waals surface area contributed by atoms with Crippen LogP contribution >= 0.6 is 0 Å². The lowest BCUT2D eigenvalue weighted by atomic mass is 10.5. The van der Waals surface area contributed by atoms with Crippen LogP contribution in [0.1, 0.15) is 18.7 Å². The minimum Gasteiger partial charge on any atom is -0.296 e. The summed E-state index contributed by atoms with van der Waals surface area (Å²) in [5.41, 5.74) is -0.140. The number of aryl methyl sites for hydroxylation is 1. The molecule has 13 heavy (non-hydrogen) atoms. The summed E-state index contributed by atoms with van der Waals surface area (Å²) in [4.78, 5) is 16.0. The average molecular weight is 182 g/mol. The monoisotopic (exact) mass is 182 g/mol. The van der Waals surface area contributed by atoms with Crippen molar-refractivity contribution in [2.45, 2.75) is 25.4 Å². The van der Waals surface area contributed by atoms with Crippen molar-refractivity contribution in [1.82, 2.24) is 19.7 Å². The standard InChI is InChI=1S/C8H14N4O/c1-11(6-3-4-6)5-7-9-8(13)12(2)10-7/h6H,3-5H2,1-2H3,(H,9,10,13). The molecule has 0 bridgehead atoms. The second-order valence-corrected chi connectivity index (χ2v) is 3.65. The topological polar surface area (TPSA) is 53.9 Å². The first kappa shape index (κ1) is 8.50.